The molecule has 4 heteroatoms. The Kier molecular flexibility index (Phi) is 7.46. The van der Waals surface area contributed by atoms with Crippen LogP contribution in [0, 0.1) is 0 Å². The highest BCUT2D eigenvalue weighted by atomic mass is 16.3. The Labute approximate surface area is 323 Å². The molecular formula is C52H33N3O. The molecular weight excluding hydrogens is 683 g/mol. The molecule has 0 saturated heterocycles. The van der Waals surface area contributed by atoms with Crippen LogP contribution in [-0.4, -0.2) is 14.5 Å². The molecule has 0 saturated carbocycles. The zero-order valence-corrected chi connectivity index (χ0v) is 30.3. The molecule has 0 aliphatic rings. The maximum atomic E-state index is 6.57. The van der Waals surface area contributed by atoms with Crippen molar-refractivity contribution < 1.29 is 4.42 Å². The number of hydrogen-bond acceptors (Lipinski definition) is 3. The summed E-state index contributed by atoms with van der Waals surface area (Å²) in [6.07, 6.45) is 0. The number of para-hydroxylation sites is 3. The third kappa shape index (κ3) is 5.31. The summed E-state index contributed by atoms with van der Waals surface area (Å²) in [4.78, 5) is 10.5. The SMILES string of the molecule is c1ccc(-c2ccc(-c3ccc(-c4nc(-c5ccccc5)cc(-c5cccc6c5c5ccccc5n6-c5cccc6c5oc5ccccc56)n4)cc3)cc2)cc1. The first-order valence-electron chi connectivity index (χ1n) is 18.9. The Bertz CT molecular complexity index is 3220. The largest absolute Gasteiger partial charge is 0.454 e. The van der Waals surface area contributed by atoms with E-state index < -0.39 is 0 Å². The summed E-state index contributed by atoms with van der Waals surface area (Å²) in [7, 11) is 0. The van der Waals surface area contributed by atoms with Crippen molar-refractivity contribution >= 4 is 43.7 Å². The lowest BCUT2D eigenvalue weighted by molar-refractivity contribution is 0.666. The van der Waals surface area contributed by atoms with Gasteiger partial charge in [0.1, 0.15) is 5.58 Å². The molecule has 0 amide bonds. The molecule has 4 nitrogen and oxygen atoms in total. The summed E-state index contributed by atoms with van der Waals surface area (Å²) in [6, 6.07) is 70.1. The molecule has 0 spiro atoms. The number of nitrogens with zero attached hydrogens (tertiary/aromatic N) is 3. The molecule has 3 aromatic heterocycles. The number of furan rings is 1. The van der Waals surface area contributed by atoms with Gasteiger partial charge in [-0.1, -0.05) is 170 Å². The van der Waals surface area contributed by atoms with E-state index in [2.05, 4.69) is 180 Å². The van der Waals surface area contributed by atoms with E-state index in [9.17, 15) is 0 Å². The van der Waals surface area contributed by atoms with E-state index in [0.29, 0.717) is 5.82 Å². The number of fused-ring (bicyclic) bond motifs is 6. The highest BCUT2D eigenvalue weighted by Gasteiger charge is 2.21. The second kappa shape index (κ2) is 13.1. The summed E-state index contributed by atoms with van der Waals surface area (Å²) in [5.41, 5.74) is 14.5. The molecule has 0 radical (unpaired) electrons. The van der Waals surface area contributed by atoms with E-state index in [1.165, 1.54) is 11.1 Å². The van der Waals surface area contributed by atoms with Gasteiger partial charge in [0.25, 0.3) is 0 Å². The number of benzene rings is 8. The minimum absolute atomic E-state index is 0.681. The summed E-state index contributed by atoms with van der Waals surface area (Å²) >= 11 is 0. The van der Waals surface area contributed by atoms with Crippen molar-refractivity contribution in [1.29, 1.82) is 0 Å². The Morgan fingerprint density at radius 1 is 0.375 bits per heavy atom. The van der Waals surface area contributed by atoms with Crippen LogP contribution >= 0.6 is 0 Å². The van der Waals surface area contributed by atoms with Gasteiger partial charge in [-0.05, 0) is 52.6 Å². The molecule has 0 bridgehead atoms. The van der Waals surface area contributed by atoms with Crippen LogP contribution in [0.3, 0.4) is 0 Å². The van der Waals surface area contributed by atoms with Crippen LogP contribution in [0.15, 0.2) is 205 Å². The molecule has 8 aromatic carbocycles. The molecule has 11 rings (SSSR count). The molecule has 0 fully saturated rings. The first-order valence-corrected chi connectivity index (χ1v) is 18.9. The molecule has 0 unspecified atom stereocenters. The first-order chi connectivity index (χ1) is 27.8. The van der Waals surface area contributed by atoms with Crippen LogP contribution in [0.25, 0.3) is 106 Å². The van der Waals surface area contributed by atoms with Gasteiger partial charge < -0.3 is 8.98 Å². The lowest BCUT2D eigenvalue weighted by atomic mass is 9.99. The summed E-state index contributed by atoms with van der Waals surface area (Å²) in [5, 5.41) is 4.49. The second-order valence-electron chi connectivity index (χ2n) is 14.2. The number of aromatic nitrogens is 3. The van der Waals surface area contributed by atoms with Crippen LogP contribution in [0.1, 0.15) is 0 Å². The van der Waals surface area contributed by atoms with Crippen molar-refractivity contribution in [1.82, 2.24) is 14.5 Å². The minimum Gasteiger partial charge on any atom is -0.454 e. The van der Waals surface area contributed by atoms with Crippen molar-refractivity contribution in [3.05, 3.63) is 200 Å². The van der Waals surface area contributed by atoms with Gasteiger partial charge in [-0.2, -0.15) is 0 Å². The van der Waals surface area contributed by atoms with Crippen LogP contribution in [0.4, 0.5) is 0 Å². The lowest BCUT2D eigenvalue weighted by Crippen LogP contribution is -1.97. The van der Waals surface area contributed by atoms with Gasteiger partial charge in [0.2, 0.25) is 0 Å². The predicted octanol–water partition coefficient (Wildman–Crippen LogP) is 13.8. The van der Waals surface area contributed by atoms with Gasteiger partial charge in [0.15, 0.2) is 11.4 Å². The van der Waals surface area contributed by atoms with E-state index in [4.69, 9.17) is 14.4 Å². The van der Waals surface area contributed by atoms with Crippen molar-refractivity contribution in [2.24, 2.45) is 0 Å². The number of hydrogen-bond donors (Lipinski definition) is 0. The van der Waals surface area contributed by atoms with Crippen molar-refractivity contribution in [2.45, 2.75) is 0 Å². The smallest absolute Gasteiger partial charge is 0.160 e. The van der Waals surface area contributed by atoms with E-state index in [1.807, 2.05) is 24.3 Å². The molecule has 0 N–H and O–H groups in total. The fraction of sp³-hybridized carbons (Fsp3) is 0. The third-order valence-corrected chi connectivity index (χ3v) is 10.9. The molecule has 11 aromatic rings. The molecule has 56 heavy (non-hydrogen) atoms. The third-order valence-electron chi connectivity index (χ3n) is 10.9. The topological polar surface area (TPSA) is 43.9 Å². The van der Waals surface area contributed by atoms with Crippen LogP contribution in [0.2, 0.25) is 0 Å². The van der Waals surface area contributed by atoms with E-state index in [0.717, 1.165) is 88.6 Å². The summed E-state index contributed by atoms with van der Waals surface area (Å²) < 4.78 is 8.91. The molecule has 0 atom stereocenters. The van der Waals surface area contributed by atoms with Gasteiger partial charge in [0, 0.05) is 38.2 Å². The second-order valence-corrected chi connectivity index (χ2v) is 14.2. The molecule has 0 aliphatic heterocycles. The predicted molar refractivity (Wildman–Crippen MR) is 231 cm³/mol. The standard InChI is InChI=1S/C52H33N3O/c1-3-13-34(14-4-1)35-25-27-36(28-26-35)37-29-31-39(32-30-37)52-53-44(38-15-5-2-6-16-38)33-45(54-52)42-20-12-22-47-50(42)43-18-7-9-21-46(43)55(47)48-23-11-19-41-40-17-8-10-24-49(40)56-51(41)48/h1-33H. The summed E-state index contributed by atoms with van der Waals surface area (Å²) in [5.74, 6) is 0.681. The first kappa shape index (κ1) is 31.9. The zero-order valence-electron chi connectivity index (χ0n) is 30.3. The highest BCUT2D eigenvalue weighted by Crippen LogP contribution is 2.42. The lowest BCUT2D eigenvalue weighted by Gasteiger charge is -2.12. The van der Waals surface area contributed by atoms with Gasteiger partial charge in [-0.3, -0.25) is 0 Å². The maximum absolute atomic E-state index is 6.57. The fourth-order valence-electron chi connectivity index (χ4n) is 8.17. The van der Waals surface area contributed by atoms with Crippen molar-refractivity contribution in [3.63, 3.8) is 0 Å². The van der Waals surface area contributed by atoms with Crippen LogP contribution in [0.5, 0.6) is 0 Å². The van der Waals surface area contributed by atoms with Crippen LogP contribution in [-0.2, 0) is 0 Å². The van der Waals surface area contributed by atoms with E-state index in [-0.39, 0.29) is 0 Å². The normalized spacial score (nSPS) is 11.6. The van der Waals surface area contributed by atoms with E-state index >= 15 is 0 Å². The van der Waals surface area contributed by atoms with Gasteiger partial charge in [0.05, 0.1) is 28.1 Å². The minimum atomic E-state index is 0.681. The highest BCUT2D eigenvalue weighted by molar-refractivity contribution is 6.17. The molecule has 3 heterocycles. The average molecular weight is 716 g/mol. The van der Waals surface area contributed by atoms with Crippen molar-refractivity contribution in [3.8, 4) is 61.8 Å². The van der Waals surface area contributed by atoms with Gasteiger partial charge >= 0.3 is 0 Å². The quantitative estimate of drug-likeness (QED) is 0.172. The zero-order chi connectivity index (χ0) is 37.0. The van der Waals surface area contributed by atoms with E-state index in [1.54, 1.807) is 0 Å². The Balaban J connectivity index is 1.07. The molecule has 0 aliphatic carbocycles. The van der Waals surface area contributed by atoms with Crippen LogP contribution < -0.4 is 0 Å². The maximum Gasteiger partial charge on any atom is 0.160 e. The number of rotatable bonds is 6. The van der Waals surface area contributed by atoms with Gasteiger partial charge in [-0.15, -0.1) is 0 Å². The fourth-order valence-corrected chi connectivity index (χ4v) is 8.17. The Morgan fingerprint density at radius 3 is 1.64 bits per heavy atom. The van der Waals surface area contributed by atoms with Gasteiger partial charge in [-0.25, -0.2) is 9.97 Å². The Morgan fingerprint density at radius 2 is 0.911 bits per heavy atom. The molecule has 262 valence electrons. The van der Waals surface area contributed by atoms with Crippen molar-refractivity contribution in [2.75, 3.05) is 0 Å². The summed E-state index contributed by atoms with van der Waals surface area (Å²) in [6.45, 7) is 0. The monoisotopic (exact) mass is 715 g/mol. The average Bonchev–Trinajstić information content (AvgIpc) is 3.83. The Hall–Kier alpha value is -7.56.